The lowest BCUT2D eigenvalue weighted by atomic mass is 10.0. The zero-order chi connectivity index (χ0) is 16.6. The van der Waals surface area contributed by atoms with Crippen LogP contribution in [0.25, 0.3) is 0 Å². The molecule has 1 aliphatic heterocycles. The maximum absolute atomic E-state index is 13.8. The molecule has 3 nitrogen and oxygen atoms in total. The van der Waals surface area contributed by atoms with Crippen molar-refractivity contribution in [2.45, 2.75) is 44.7 Å². The summed E-state index contributed by atoms with van der Waals surface area (Å²) in [5, 5.41) is 0.166. The first-order chi connectivity index (χ1) is 11.0. The average molecular weight is 359 g/mol. The van der Waals surface area contributed by atoms with Gasteiger partial charge >= 0.3 is 0 Å². The molecule has 1 amide bonds. The Hall–Kier alpha value is -0.840. The molecule has 0 spiro atoms. The molecule has 0 unspecified atom stereocenters. The Morgan fingerprint density at radius 3 is 2.35 bits per heavy atom. The Labute approximate surface area is 146 Å². The van der Waals surface area contributed by atoms with E-state index in [0.717, 1.165) is 45.3 Å². The predicted octanol–water partition coefficient (Wildman–Crippen LogP) is 4.22. The van der Waals surface area contributed by atoms with Gasteiger partial charge in [0.15, 0.2) is 0 Å². The van der Waals surface area contributed by atoms with Crippen LogP contribution in [-0.4, -0.2) is 47.4 Å². The summed E-state index contributed by atoms with van der Waals surface area (Å²) in [6, 6.07) is 2.98. The maximum atomic E-state index is 13.8. The first-order valence-electron chi connectivity index (χ1n) is 8.20. The summed E-state index contributed by atoms with van der Waals surface area (Å²) >= 11 is 11.9. The van der Waals surface area contributed by atoms with Crippen molar-refractivity contribution in [1.29, 1.82) is 0 Å². The van der Waals surface area contributed by atoms with Gasteiger partial charge in [0.05, 0.1) is 15.6 Å². The summed E-state index contributed by atoms with van der Waals surface area (Å²) in [7, 11) is 0. The molecule has 126 valence electrons. The van der Waals surface area contributed by atoms with E-state index in [2.05, 4.69) is 11.8 Å². The van der Waals surface area contributed by atoms with Gasteiger partial charge in [0, 0.05) is 25.2 Å². The third-order valence-corrected chi connectivity index (χ3v) is 5.42. The van der Waals surface area contributed by atoms with Crippen molar-refractivity contribution in [2.24, 2.45) is 0 Å². The SMILES string of the molecule is CCN1CCC(N(C(=O)c2cc(F)c(Cl)cc2Cl)C2CC2)CC1. The number of amides is 1. The summed E-state index contributed by atoms with van der Waals surface area (Å²) in [5.41, 5.74) is 0.221. The molecule has 1 saturated carbocycles. The first-order valence-corrected chi connectivity index (χ1v) is 8.96. The molecule has 0 radical (unpaired) electrons. The molecular formula is C17H21Cl2FN2O. The van der Waals surface area contributed by atoms with Gasteiger partial charge < -0.3 is 9.80 Å². The highest BCUT2D eigenvalue weighted by atomic mass is 35.5. The minimum Gasteiger partial charge on any atom is -0.333 e. The third-order valence-electron chi connectivity index (χ3n) is 4.81. The topological polar surface area (TPSA) is 23.6 Å². The number of piperidine rings is 1. The van der Waals surface area contributed by atoms with Crippen LogP contribution in [0.2, 0.25) is 10.0 Å². The molecule has 0 atom stereocenters. The highest BCUT2D eigenvalue weighted by molar-refractivity contribution is 6.36. The molecule has 1 heterocycles. The van der Waals surface area contributed by atoms with Crippen LogP contribution >= 0.6 is 23.2 Å². The van der Waals surface area contributed by atoms with Crippen LogP contribution in [0.3, 0.4) is 0 Å². The number of carbonyl (C=O) groups excluding carboxylic acids is 1. The summed E-state index contributed by atoms with van der Waals surface area (Å²) in [6.07, 6.45) is 3.97. The molecule has 0 bridgehead atoms. The molecule has 1 aromatic carbocycles. The Bertz CT molecular complexity index is 599. The lowest BCUT2D eigenvalue weighted by Gasteiger charge is -2.38. The highest BCUT2D eigenvalue weighted by Crippen LogP contribution is 2.35. The van der Waals surface area contributed by atoms with Crippen molar-refractivity contribution in [2.75, 3.05) is 19.6 Å². The summed E-state index contributed by atoms with van der Waals surface area (Å²) in [5.74, 6) is -0.765. The van der Waals surface area contributed by atoms with Crippen LogP contribution in [-0.2, 0) is 0 Å². The lowest BCUT2D eigenvalue weighted by molar-refractivity contribution is 0.0554. The van der Waals surface area contributed by atoms with Gasteiger partial charge in [-0.15, -0.1) is 0 Å². The second kappa shape index (κ2) is 6.96. The summed E-state index contributed by atoms with van der Waals surface area (Å²) in [4.78, 5) is 17.3. The number of hydrogen-bond donors (Lipinski definition) is 0. The molecule has 1 saturated heterocycles. The smallest absolute Gasteiger partial charge is 0.255 e. The van der Waals surface area contributed by atoms with Crippen LogP contribution in [0.15, 0.2) is 12.1 Å². The van der Waals surface area contributed by atoms with Crippen LogP contribution in [0.4, 0.5) is 4.39 Å². The molecule has 2 fully saturated rings. The second-order valence-electron chi connectivity index (χ2n) is 6.36. The van der Waals surface area contributed by atoms with E-state index in [4.69, 9.17) is 23.2 Å². The molecule has 1 aliphatic carbocycles. The molecule has 0 N–H and O–H groups in total. The zero-order valence-electron chi connectivity index (χ0n) is 13.2. The average Bonchev–Trinajstić information content (AvgIpc) is 3.36. The summed E-state index contributed by atoms with van der Waals surface area (Å²) in [6.45, 7) is 5.19. The molecule has 23 heavy (non-hydrogen) atoms. The van der Waals surface area contributed by atoms with Crippen molar-refractivity contribution in [3.05, 3.63) is 33.6 Å². The highest BCUT2D eigenvalue weighted by Gasteiger charge is 2.39. The van der Waals surface area contributed by atoms with E-state index >= 15 is 0 Å². The van der Waals surface area contributed by atoms with Gasteiger partial charge in [-0.25, -0.2) is 4.39 Å². The Balaban J connectivity index is 1.82. The lowest BCUT2D eigenvalue weighted by Crippen LogP contribution is -2.48. The third kappa shape index (κ3) is 3.65. The van der Waals surface area contributed by atoms with Gasteiger partial charge in [0.25, 0.3) is 5.91 Å². The van der Waals surface area contributed by atoms with Gasteiger partial charge in [-0.1, -0.05) is 30.1 Å². The van der Waals surface area contributed by atoms with Gasteiger partial charge in [-0.05, 0) is 44.4 Å². The zero-order valence-corrected chi connectivity index (χ0v) is 14.7. The van der Waals surface area contributed by atoms with E-state index in [1.165, 1.54) is 12.1 Å². The first kappa shape index (κ1) is 17.0. The van der Waals surface area contributed by atoms with Gasteiger partial charge in [0.1, 0.15) is 5.82 Å². The van der Waals surface area contributed by atoms with Crippen molar-refractivity contribution >= 4 is 29.1 Å². The van der Waals surface area contributed by atoms with Crippen LogP contribution < -0.4 is 0 Å². The number of benzene rings is 1. The van der Waals surface area contributed by atoms with Crippen LogP contribution in [0, 0.1) is 5.82 Å². The summed E-state index contributed by atoms with van der Waals surface area (Å²) < 4.78 is 13.8. The van der Waals surface area contributed by atoms with E-state index in [1.54, 1.807) is 0 Å². The van der Waals surface area contributed by atoms with E-state index in [0.29, 0.717) is 0 Å². The molecule has 0 aromatic heterocycles. The molecule has 6 heteroatoms. The number of halogens is 3. The van der Waals surface area contributed by atoms with Gasteiger partial charge in [-0.2, -0.15) is 0 Å². The number of hydrogen-bond acceptors (Lipinski definition) is 2. The van der Waals surface area contributed by atoms with Gasteiger partial charge in [-0.3, -0.25) is 4.79 Å². The minimum absolute atomic E-state index is 0.0548. The second-order valence-corrected chi connectivity index (χ2v) is 7.17. The maximum Gasteiger partial charge on any atom is 0.255 e. The number of rotatable bonds is 4. The van der Waals surface area contributed by atoms with E-state index in [9.17, 15) is 9.18 Å². The van der Waals surface area contributed by atoms with Crippen LogP contribution in [0.5, 0.6) is 0 Å². The van der Waals surface area contributed by atoms with E-state index < -0.39 is 5.82 Å². The predicted molar refractivity (Wildman–Crippen MR) is 90.7 cm³/mol. The van der Waals surface area contributed by atoms with E-state index in [-0.39, 0.29) is 33.6 Å². The van der Waals surface area contributed by atoms with Crippen molar-refractivity contribution in [1.82, 2.24) is 9.80 Å². The fourth-order valence-corrected chi connectivity index (χ4v) is 3.79. The molecular weight excluding hydrogens is 338 g/mol. The largest absolute Gasteiger partial charge is 0.333 e. The number of carbonyl (C=O) groups is 1. The Morgan fingerprint density at radius 1 is 1.17 bits per heavy atom. The Kier molecular flexibility index (Phi) is 5.14. The van der Waals surface area contributed by atoms with Crippen molar-refractivity contribution in [3.63, 3.8) is 0 Å². The normalized spacial score (nSPS) is 19.8. The molecule has 1 aromatic rings. The fourth-order valence-electron chi connectivity index (χ4n) is 3.32. The monoisotopic (exact) mass is 358 g/mol. The Morgan fingerprint density at radius 2 is 1.78 bits per heavy atom. The quantitative estimate of drug-likeness (QED) is 0.752. The fraction of sp³-hybridized carbons (Fsp3) is 0.588. The van der Waals surface area contributed by atoms with Crippen LogP contribution in [0.1, 0.15) is 43.0 Å². The van der Waals surface area contributed by atoms with E-state index in [1.807, 2.05) is 4.90 Å². The number of nitrogens with zero attached hydrogens (tertiary/aromatic N) is 2. The number of likely N-dealkylation sites (tertiary alicyclic amines) is 1. The molecule has 2 aliphatic rings. The van der Waals surface area contributed by atoms with Gasteiger partial charge in [0.2, 0.25) is 0 Å². The minimum atomic E-state index is -0.601. The van der Waals surface area contributed by atoms with Crippen molar-refractivity contribution in [3.8, 4) is 0 Å². The molecule has 3 rings (SSSR count). The van der Waals surface area contributed by atoms with Crippen molar-refractivity contribution < 1.29 is 9.18 Å². The standard InChI is InChI=1S/C17H21Cl2FN2O/c1-2-21-7-5-12(6-8-21)22(11-3-4-11)17(23)13-9-16(20)15(19)10-14(13)18/h9-12H,2-8H2,1H3.